The molecule has 0 saturated heterocycles. The summed E-state index contributed by atoms with van der Waals surface area (Å²) in [6, 6.07) is 12.6. The van der Waals surface area contributed by atoms with Gasteiger partial charge in [0, 0.05) is 23.7 Å². The van der Waals surface area contributed by atoms with Crippen molar-refractivity contribution >= 4 is 33.2 Å². The lowest BCUT2D eigenvalue weighted by Crippen LogP contribution is -2.21. The lowest BCUT2D eigenvalue weighted by atomic mass is 10.1. The van der Waals surface area contributed by atoms with E-state index in [0.29, 0.717) is 12.3 Å². The van der Waals surface area contributed by atoms with Gasteiger partial charge in [0.2, 0.25) is 0 Å². The van der Waals surface area contributed by atoms with Crippen molar-refractivity contribution < 1.29 is 9.53 Å². The number of ether oxygens (including phenoxy) is 1. The molecule has 0 aliphatic carbocycles. The van der Waals surface area contributed by atoms with Crippen molar-refractivity contribution in [2.45, 2.75) is 20.8 Å². The van der Waals surface area contributed by atoms with Gasteiger partial charge in [-0.2, -0.15) is 0 Å². The second-order valence-corrected chi connectivity index (χ2v) is 6.60. The van der Waals surface area contributed by atoms with Gasteiger partial charge in [0.25, 0.3) is 0 Å². The first-order valence-electron chi connectivity index (χ1n) is 8.31. The van der Waals surface area contributed by atoms with E-state index in [1.54, 1.807) is 11.3 Å². The summed E-state index contributed by atoms with van der Waals surface area (Å²) >= 11 is 1.68. The second kappa shape index (κ2) is 7.09. The van der Waals surface area contributed by atoms with Crippen molar-refractivity contribution in [1.29, 1.82) is 0 Å². The highest BCUT2D eigenvalue weighted by atomic mass is 32.1. The number of hydrogen-bond acceptors (Lipinski definition) is 4. The normalized spacial score (nSPS) is 11.0. The molecule has 0 unspecified atom stereocenters. The molecule has 5 heteroatoms. The first-order chi connectivity index (χ1) is 11.7. The van der Waals surface area contributed by atoms with Crippen molar-refractivity contribution in [2.75, 3.05) is 24.6 Å². The Morgan fingerprint density at radius 1 is 1.12 bits per heavy atom. The molecule has 0 atom stereocenters. The van der Waals surface area contributed by atoms with Gasteiger partial charge in [0.05, 0.1) is 16.8 Å². The smallest absolute Gasteiger partial charge is 0.354 e. The number of fused-ring (bicyclic) bond motifs is 1. The molecule has 24 heavy (non-hydrogen) atoms. The third-order valence-electron chi connectivity index (χ3n) is 4.08. The summed E-state index contributed by atoms with van der Waals surface area (Å²) in [5.41, 5.74) is 3.93. The van der Waals surface area contributed by atoms with Crippen LogP contribution in [0.1, 0.15) is 31.3 Å². The topological polar surface area (TPSA) is 45.3 Å². The number of H-pyrrole nitrogens is 1. The first-order valence-corrected chi connectivity index (χ1v) is 9.13. The summed E-state index contributed by atoms with van der Waals surface area (Å²) in [4.78, 5) is 18.4. The Morgan fingerprint density at radius 3 is 2.42 bits per heavy atom. The SMILES string of the molecule is CCOC(=O)c1cc2sc(-c3ccc(N(CC)CC)cc3)cc2[nH]1. The number of rotatable bonds is 6. The molecule has 126 valence electrons. The summed E-state index contributed by atoms with van der Waals surface area (Å²) in [6.45, 7) is 8.54. The molecule has 1 N–H and O–H groups in total. The first kappa shape index (κ1) is 16.6. The quantitative estimate of drug-likeness (QED) is 0.647. The van der Waals surface area contributed by atoms with Crippen molar-refractivity contribution in [1.82, 2.24) is 4.98 Å². The molecule has 2 aromatic heterocycles. The van der Waals surface area contributed by atoms with Gasteiger partial charge >= 0.3 is 5.97 Å². The zero-order valence-corrected chi connectivity index (χ0v) is 15.1. The van der Waals surface area contributed by atoms with E-state index in [1.807, 2.05) is 13.0 Å². The van der Waals surface area contributed by atoms with Gasteiger partial charge in [-0.25, -0.2) is 4.79 Å². The molecule has 2 heterocycles. The average Bonchev–Trinajstić information content (AvgIpc) is 3.16. The number of benzene rings is 1. The maximum atomic E-state index is 11.8. The highest BCUT2D eigenvalue weighted by Gasteiger charge is 2.13. The third-order valence-corrected chi connectivity index (χ3v) is 5.21. The largest absolute Gasteiger partial charge is 0.461 e. The highest BCUT2D eigenvalue weighted by molar-refractivity contribution is 7.22. The van der Waals surface area contributed by atoms with E-state index < -0.39 is 0 Å². The molecular weight excluding hydrogens is 320 g/mol. The number of aromatic nitrogens is 1. The van der Waals surface area contributed by atoms with Crippen LogP contribution in [0.15, 0.2) is 36.4 Å². The molecule has 0 aliphatic heterocycles. The van der Waals surface area contributed by atoms with Gasteiger partial charge in [-0.05, 0) is 50.6 Å². The Bertz CT molecular complexity index is 797. The van der Waals surface area contributed by atoms with Gasteiger partial charge < -0.3 is 14.6 Å². The molecular formula is C19H22N2O2S. The maximum Gasteiger partial charge on any atom is 0.354 e. The minimum absolute atomic E-state index is 0.300. The zero-order chi connectivity index (χ0) is 17.1. The Kier molecular flexibility index (Phi) is 4.90. The molecule has 0 spiro atoms. The Hall–Kier alpha value is -2.27. The predicted octanol–water partition coefficient (Wildman–Crippen LogP) is 4.92. The number of carbonyl (C=O) groups excluding carboxylic acids is 1. The maximum absolute atomic E-state index is 11.8. The Labute approximate surface area is 146 Å². The van der Waals surface area contributed by atoms with E-state index >= 15 is 0 Å². The van der Waals surface area contributed by atoms with Crippen molar-refractivity contribution in [3.63, 3.8) is 0 Å². The molecule has 3 aromatic rings. The lowest BCUT2D eigenvalue weighted by molar-refractivity contribution is 0.0520. The van der Waals surface area contributed by atoms with Crippen LogP contribution in [0.3, 0.4) is 0 Å². The second-order valence-electron chi connectivity index (χ2n) is 5.51. The van der Waals surface area contributed by atoms with Gasteiger partial charge in [-0.1, -0.05) is 12.1 Å². The van der Waals surface area contributed by atoms with Crippen LogP contribution in [0, 0.1) is 0 Å². The zero-order valence-electron chi connectivity index (χ0n) is 14.3. The standard InChI is InChI=1S/C19H22N2O2S/c1-4-21(5-2)14-9-7-13(8-10-14)17-11-15-18(24-17)12-16(20-15)19(22)23-6-3/h7-12,20H,4-6H2,1-3H3. The summed E-state index contributed by atoms with van der Waals surface area (Å²) in [7, 11) is 0. The molecule has 0 radical (unpaired) electrons. The molecule has 1 aromatic carbocycles. The summed E-state index contributed by atoms with van der Waals surface area (Å²) in [6.07, 6.45) is 0. The predicted molar refractivity (Wildman–Crippen MR) is 101 cm³/mol. The lowest BCUT2D eigenvalue weighted by Gasteiger charge is -2.21. The van der Waals surface area contributed by atoms with Gasteiger partial charge in [0.15, 0.2) is 0 Å². The fourth-order valence-corrected chi connectivity index (χ4v) is 3.87. The van der Waals surface area contributed by atoms with E-state index in [4.69, 9.17) is 4.74 Å². The van der Waals surface area contributed by atoms with Crippen LogP contribution in [0.4, 0.5) is 5.69 Å². The number of carbonyl (C=O) groups is 1. The highest BCUT2D eigenvalue weighted by Crippen LogP contribution is 2.34. The Morgan fingerprint density at radius 2 is 1.83 bits per heavy atom. The van der Waals surface area contributed by atoms with E-state index in [9.17, 15) is 4.79 Å². The molecule has 4 nitrogen and oxygen atoms in total. The summed E-state index contributed by atoms with van der Waals surface area (Å²) in [5, 5.41) is 0. The molecule has 0 fully saturated rings. The summed E-state index contributed by atoms with van der Waals surface area (Å²) < 4.78 is 6.10. The van der Waals surface area contributed by atoms with E-state index in [2.05, 4.69) is 54.1 Å². The molecule has 0 bridgehead atoms. The number of nitrogens with one attached hydrogen (secondary N) is 1. The van der Waals surface area contributed by atoms with Gasteiger partial charge in [-0.3, -0.25) is 0 Å². The van der Waals surface area contributed by atoms with Crippen molar-refractivity contribution in [2.24, 2.45) is 0 Å². The van der Waals surface area contributed by atoms with Crippen LogP contribution < -0.4 is 4.90 Å². The number of hydrogen-bond donors (Lipinski definition) is 1. The van der Waals surface area contributed by atoms with E-state index in [0.717, 1.165) is 23.3 Å². The number of aromatic amines is 1. The van der Waals surface area contributed by atoms with Crippen LogP contribution in [-0.2, 0) is 4.74 Å². The van der Waals surface area contributed by atoms with Crippen LogP contribution >= 0.6 is 11.3 Å². The molecule has 0 amide bonds. The third kappa shape index (κ3) is 3.17. The van der Waals surface area contributed by atoms with Crippen LogP contribution in [0.5, 0.6) is 0 Å². The van der Waals surface area contributed by atoms with Gasteiger partial charge in [-0.15, -0.1) is 11.3 Å². The monoisotopic (exact) mass is 342 g/mol. The van der Waals surface area contributed by atoms with Crippen molar-refractivity contribution in [3.8, 4) is 10.4 Å². The number of esters is 1. The molecule has 0 saturated carbocycles. The van der Waals surface area contributed by atoms with Gasteiger partial charge in [0.1, 0.15) is 5.69 Å². The molecule has 0 aliphatic rings. The molecule has 3 rings (SSSR count). The van der Waals surface area contributed by atoms with Crippen molar-refractivity contribution in [3.05, 3.63) is 42.1 Å². The number of anilines is 1. The number of nitrogens with zero attached hydrogens (tertiary/aromatic N) is 1. The minimum atomic E-state index is -0.300. The van der Waals surface area contributed by atoms with E-state index in [-0.39, 0.29) is 5.97 Å². The fraction of sp³-hybridized carbons (Fsp3) is 0.316. The number of thiophene rings is 1. The Balaban J connectivity index is 1.84. The van der Waals surface area contributed by atoms with Crippen LogP contribution in [0.2, 0.25) is 0 Å². The minimum Gasteiger partial charge on any atom is -0.461 e. The van der Waals surface area contributed by atoms with Crippen LogP contribution in [0.25, 0.3) is 20.7 Å². The fourth-order valence-electron chi connectivity index (χ4n) is 2.81. The summed E-state index contributed by atoms with van der Waals surface area (Å²) in [5.74, 6) is -0.300. The van der Waals surface area contributed by atoms with E-state index in [1.165, 1.54) is 16.1 Å². The average molecular weight is 342 g/mol. The van der Waals surface area contributed by atoms with Crippen LogP contribution in [-0.4, -0.2) is 30.6 Å².